The quantitative estimate of drug-likeness (QED) is 0.774. The maximum Gasteiger partial charge on any atom is 0.0678 e. The van der Waals surface area contributed by atoms with Crippen LogP contribution in [0.15, 0.2) is 47.5 Å². The zero-order valence-corrected chi connectivity index (χ0v) is 15.2. The lowest BCUT2D eigenvalue weighted by molar-refractivity contribution is 0.599. The highest BCUT2D eigenvalue weighted by Gasteiger charge is 2.21. The molecule has 24 heavy (non-hydrogen) atoms. The van der Waals surface area contributed by atoms with Crippen LogP contribution in [0.4, 0.5) is 17.1 Å². The van der Waals surface area contributed by atoms with Crippen molar-refractivity contribution < 1.29 is 0 Å². The molecule has 3 heteroatoms. The van der Waals surface area contributed by atoms with Gasteiger partial charge in [0, 0.05) is 56.8 Å². The third-order valence-corrected chi connectivity index (χ3v) is 4.99. The van der Waals surface area contributed by atoms with Gasteiger partial charge in [-0.05, 0) is 49.6 Å². The van der Waals surface area contributed by atoms with Crippen LogP contribution >= 0.6 is 0 Å². The molecule has 0 bridgehead atoms. The van der Waals surface area contributed by atoms with Crippen molar-refractivity contribution in [3.05, 3.63) is 53.6 Å². The lowest BCUT2D eigenvalue weighted by Gasteiger charge is -2.34. The minimum absolute atomic E-state index is 0.604. The molecule has 1 unspecified atom stereocenters. The second-order valence-electron chi connectivity index (χ2n) is 6.85. The molecule has 0 spiro atoms. The molecule has 3 rings (SSSR count). The number of benzene rings is 2. The third kappa shape index (κ3) is 3.45. The minimum atomic E-state index is 0.604. The Bertz CT molecular complexity index is 716. The molecule has 1 heterocycles. The van der Waals surface area contributed by atoms with Crippen LogP contribution < -0.4 is 9.80 Å². The summed E-state index contributed by atoms with van der Waals surface area (Å²) < 4.78 is 0. The van der Waals surface area contributed by atoms with E-state index in [4.69, 9.17) is 4.99 Å². The molecule has 2 aromatic carbocycles. The number of hydrogen-bond donors (Lipinski definition) is 0. The van der Waals surface area contributed by atoms with E-state index in [1.807, 2.05) is 6.21 Å². The van der Waals surface area contributed by atoms with E-state index in [9.17, 15) is 0 Å². The number of hydrogen-bond acceptors (Lipinski definition) is 3. The average Bonchev–Trinajstić information content (AvgIpc) is 2.59. The van der Waals surface area contributed by atoms with Gasteiger partial charge in [0.15, 0.2) is 0 Å². The predicted octanol–water partition coefficient (Wildman–Crippen LogP) is 4.47. The largest absolute Gasteiger partial charge is 0.378 e. The van der Waals surface area contributed by atoms with Gasteiger partial charge in [-0.25, -0.2) is 0 Å². The van der Waals surface area contributed by atoms with Gasteiger partial charge in [-0.15, -0.1) is 0 Å². The van der Waals surface area contributed by atoms with Crippen molar-refractivity contribution in [3.8, 4) is 0 Å². The van der Waals surface area contributed by atoms with Gasteiger partial charge < -0.3 is 9.80 Å². The van der Waals surface area contributed by atoms with Gasteiger partial charge in [-0.3, -0.25) is 4.99 Å². The third-order valence-electron chi connectivity index (χ3n) is 4.99. The molecule has 1 aliphatic rings. The first-order valence-corrected chi connectivity index (χ1v) is 8.70. The molecule has 0 fully saturated rings. The van der Waals surface area contributed by atoms with E-state index in [0.29, 0.717) is 6.04 Å². The summed E-state index contributed by atoms with van der Waals surface area (Å²) in [4.78, 5) is 9.26. The summed E-state index contributed by atoms with van der Waals surface area (Å²) in [6.45, 7) is 2.29. The number of nitrogens with zero attached hydrogens (tertiary/aromatic N) is 3. The fraction of sp³-hybridized carbons (Fsp3) is 0.381. The van der Waals surface area contributed by atoms with Crippen molar-refractivity contribution in [3.63, 3.8) is 0 Å². The molecule has 1 atom stereocenters. The Kier molecular flexibility index (Phi) is 4.89. The van der Waals surface area contributed by atoms with Gasteiger partial charge in [0.05, 0.1) is 5.69 Å². The molecule has 2 aromatic rings. The molecular weight excluding hydrogens is 294 g/mol. The topological polar surface area (TPSA) is 18.8 Å². The Labute approximate surface area is 145 Å². The van der Waals surface area contributed by atoms with E-state index in [2.05, 4.69) is 80.3 Å². The van der Waals surface area contributed by atoms with Crippen molar-refractivity contribution in [1.82, 2.24) is 0 Å². The highest BCUT2D eigenvalue weighted by Crippen LogP contribution is 2.35. The molecule has 0 amide bonds. The molecular formula is C21H27N3. The maximum atomic E-state index is 4.77. The molecule has 0 saturated heterocycles. The molecule has 0 saturated carbocycles. The minimum Gasteiger partial charge on any atom is -0.378 e. The maximum absolute atomic E-state index is 4.77. The Morgan fingerprint density at radius 1 is 1.17 bits per heavy atom. The van der Waals surface area contributed by atoms with E-state index >= 15 is 0 Å². The zero-order chi connectivity index (χ0) is 17.1. The summed E-state index contributed by atoms with van der Waals surface area (Å²) in [6, 6.07) is 15.7. The Morgan fingerprint density at radius 3 is 2.62 bits per heavy atom. The highest BCUT2D eigenvalue weighted by molar-refractivity contribution is 5.72. The highest BCUT2D eigenvalue weighted by atomic mass is 15.1. The second kappa shape index (κ2) is 7.08. The first-order chi connectivity index (χ1) is 11.6. The standard InChI is InChI=1S/C21H27N3/c1-16-8-13-19-20(6-5-7-21(19)24(16)4)22-15-14-17-9-11-18(12-10-17)23(2)3/h5-7,9-12,15-16H,8,13-14H2,1-4H3. The van der Waals surface area contributed by atoms with Gasteiger partial charge in [-0.2, -0.15) is 0 Å². The zero-order valence-electron chi connectivity index (χ0n) is 15.2. The van der Waals surface area contributed by atoms with Crippen LogP contribution in [-0.2, 0) is 12.8 Å². The van der Waals surface area contributed by atoms with E-state index in [0.717, 1.165) is 18.5 Å². The van der Waals surface area contributed by atoms with E-state index in [1.54, 1.807) is 0 Å². The lowest BCUT2D eigenvalue weighted by Crippen LogP contribution is -2.33. The molecule has 0 aromatic heterocycles. The summed E-state index contributed by atoms with van der Waals surface area (Å²) in [7, 11) is 6.31. The van der Waals surface area contributed by atoms with Crippen LogP contribution in [0.3, 0.4) is 0 Å². The summed E-state index contributed by atoms with van der Waals surface area (Å²) in [5, 5.41) is 0. The number of rotatable bonds is 4. The van der Waals surface area contributed by atoms with E-state index < -0.39 is 0 Å². The first kappa shape index (κ1) is 16.6. The molecule has 126 valence electrons. The SMILES string of the molecule is CC1CCc2c(N=CCc3ccc(N(C)C)cc3)cccc2N1C. The summed E-state index contributed by atoms with van der Waals surface area (Å²) >= 11 is 0. The fourth-order valence-electron chi connectivity index (χ4n) is 3.23. The first-order valence-electron chi connectivity index (χ1n) is 8.70. The molecule has 1 aliphatic heterocycles. The fourth-order valence-corrected chi connectivity index (χ4v) is 3.23. The summed E-state index contributed by atoms with van der Waals surface area (Å²) in [6.07, 6.45) is 5.22. The Hall–Kier alpha value is -2.29. The van der Waals surface area contributed by atoms with E-state index in [-0.39, 0.29) is 0 Å². The summed E-state index contributed by atoms with van der Waals surface area (Å²) in [5.41, 5.74) is 6.36. The van der Waals surface area contributed by atoms with Crippen LogP contribution in [0.1, 0.15) is 24.5 Å². The summed E-state index contributed by atoms with van der Waals surface area (Å²) in [5.74, 6) is 0. The van der Waals surface area contributed by atoms with Gasteiger partial charge in [0.2, 0.25) is 0 Å². The van der Waals surface area contributed by atoms with Crippen molar-refractivity contribution in [2.75, 3.05) is 30.9 Å². The number of anilines is 2. The Morgan fingerprint density at radius 2 is 1.92 bits per heavy atom. The number of fused-ring (bicyclic) bond motifs is 1. The normalized spacial score (nSPS) is 17.2. The van der Waals surface area contributed by atoms with Crippen LogP contribution in [0.5, 0.6) is 0 Å². The van der Waals surface area contributed by atoms with Crippen molar-refractivity contribution >= 4 is 23.3 Å². The van der Waals surface area contributed by atoms with Crippen LogP contribution in [-0.4, -0.2) is 33.4 Å². The van der Waals surface area contributed by atoms with Crippen LogP contribution in [0.25, 0.3) is 0 Å². The smallest absolute Gasteiger partial charge is 0.0678 e. The van der Waals surface area contributed by atoms with Gasteiger partial charge >= 0.3 is 0 Å². The molecule has 0 aliphatic carbocycles. The second-order valence-corrected chi connectivity index (χ2v) is 6.85. The molecule has 0 radical (unpaired) electrons. The van der Waals surface area contributed by atoms with Crippen molar-refractivity contribution in [2.45, 2.75) is 32.2 Å². The van der Waals surface area contributed by atoms with Gasteiger partial charge in [0.25, 0.3) is 0 Å². The molecule has 0 N–H and O–H groups in total. The monoisotopic (exact) mass is 321 g/mol. The molecule has 3 nitrogen and oxygen atoms in total. The van der Waals surface area contributed by atoms with Gasteiger partial charge in [0.1, 0.15) is 0 Å². The number of aliphatic imine (C=N–C) groups is 1. The van der Waals surface area contributed by atoms with Crippen molar-refractivity contribution in [2.24, 2.45) is 4.99 Å². The Balaban J connectivity index is 1.73. The lowest BCUT2D eigenvalue weighted by atomic mass is 9.96. The van der Waals surface area contributed by atoms with E-state index in [1.165, 1.54) is 28.9 Å². The average molecular weight is 321 g/mol. The van der Waals surface area contributed by atoms with Crippen LogP contribution in [0, 0.1) is 0 Å². The van der Waals surface area contributed by atoms with Crippen LogP contribution in [0.2, 0.25) is 0 Å². The van der Waals surface area contributed by atoms with Crippen molar-refractivity contribution in [1.29, 1.82) is 0 Å². The van der Waals surface area contributed by atoms with Gasteiger partial charge in [-0.1, -0.05) is 18.2 Å². The predicted molar refractivity (Wildman–Crippen MR) is 105 cm³/mol.